The van der Waals surface area contributed by atoms with Crippen molar-refractivity contribution in [3.8, 4) is 0 Å². The molecule has 0 fully saturated rings. The second kappa shape index (κ2) is 4.53. The third kappa shape index (κ3) is 7.57. The van der Waals surface area contributed by atoms with Gasteiger partial charge in [0.2, 0.25) is 0 Å². The third-order valence-electron chi connectivity index (χ3n) is 1.74. The Labute approximate surface area is 70.2 Å². The maximum absolute atomic E-state index is 10.1. The summed E-state index contributed by atoms with van der Waals surface area (Å²) in [6.45, 7) is 8.94. The quantitative estimate of drug-likeness (QED) is 0.572. The molecule has 1 atom stereocenters. The first-order chi connectivity index (χ1) is 4.95. The molecule has 0 saturated carbocycles. The molecule has 0 aliphatic heterocycles. The van der Waals surface area contributed by atoms with Crippen molar-refractivity contribution in [2.24, 2.45) is 11.3 Å². The minimum absolute atomic E-state index is 0.405. The molecule has 0 N–H and O–H groups in total. The van der Waals surface area contributed by atoms with E-state index in [1.165, 1.54) is 6.42 Å². The van der Waals surface area contributed by atoms with Gasteiger partial charge in [0, 0.05) is 6.42 Å². The highest BCUT2D eigenvalue weighted by Gasteiger charge is 2.14. The lowest BCUT2D eigenvalue weighted by Gasteiger charge is -2.22. The predicted octanol–water partition coefficient (Wildman–Crippen LogP) is 3.04. The SMILES string of the molecule is CC(CCC=O)CC(C)(C)C. The number of hydrogen-bond donors (Lipinski definition) is 0. The topological polar surface area (TPSA) is 17.1 Å². The number of carbonyl (C=O) groups is 1. The van der Waals surface area contributed by atoms with Crippen LogP contribution in [0.5, 0.6) is 0 Å². The van der Waals surface area contributed by atoms with Crippen LogP contribution >= 0.6 is 0 Å². The van der Waals surface area contributed by atoms with Crippen molar-refractivity contribution in [3.63, 3.8) is 0 Å². The Balaban J connectivity index is 3.51. The van der Waals surface area contributed by atoms with Crippen LogP contribution in [0.4, 0.5) is 0 Å². The van der Waals surface area contributed by atoms with E-state index in [4.69, 9.17) is 0 Å². The average molecular weight is 156 g/mol. The standard InChI is InChI=1S/C10H20O/c1-9(6-5-7-11)8-10(2,3)4/h7,9H,5-6,8H2,1-4H3. The summed E-state index contributed by atoms with van der Waals surface area (Å²) in [6.07, 6.45) is 3.98. The molecule has 0 heterocycles. The second-order valence-corrected chi connectivity index (χ2v) is 4.61. The molecular weight excluding hydrogens is 136 g/mol. The third-order valence-corrected chi connectivity index (χ3v) is 1.74. The van der Waals surface area contributed by atoms with Crippen LogP contribution in [0.3, 0.4) is 0 Å². The predicted molar refractivity (Wildman–Crippen MR) is 48.5 cm³/mol. The molecule has 0 rings (SSSR count). The van der Waals surface area contributed by atoms with E-state index in [1.54, 1.807) is 0 Å². The number of carbonyl (C=O) groups excluding carboxylic acids is 1. The molecule has 0 aliphatic carbocycles. The highest BCUT2D eigenvalue weighted by molar-refractivity contribution is 5.49. The van der Waals surface area contributed by atoms with Crippen molar-refractivity contribution in [2.75, 3.05) is 0 Å². The lowest BCUT2D eigenvalue weighted by atomic mass is 9.84. The molecule has 0 aromatic rings. The molecule has 1 heteroatoms. The smallest absolute Gasteiger partial charge is 0.120 e. The van der Waals surface area contributed by atoms with Gasteiger partial charge in [-0.05, 0) is 24.2 Å². The van der Waals surface area contributed by atoms with Crippen molar-refractivity contribution in [2.45, 2.75) is 47.0 Å². The zero-order valence-corrected chi connectivity index (χ0v) is 8.18. The molecule has 0 spiro atoms. The minimum atomic E-state index is 0.405. The summed E-state index contributed by atoms with van der Waals surface area (Å²) in [6, 6.07) is 0. The highest BCUT2D eigenvalue weighted by Crippen LogP contribution is 2.26. The summed E-state index contributed by atoms with van der Waals surface area (Å²) < 4.78 is 0. The fourth-order valence-corrected chi connectivity index (χ4v) is 1.50. The maximum Gasteiger partial charge on any atom is 0.120 e. The first kappa shape index (κ1) is 10.7. The zero-order chi connectivity index (χ0) is 8.91. The van der Waals surface area contributed by atoms with Crippen molar-refractivity contribution < 1.29 is 4.79 Å². The van der Waals surface area contributed by atoms with E-state index >= 15 is 0 Å². The van der Waals surface area contributed by atoms with Crippen LogP contribution in [0.1, 0.15) is 47.0 Å². The van der Waals surface area contributed by atoms with Crippen LogP contribution in [0.25, 0.3) is 0 Å². The molecule has 0 aliphatic rings. The Morgan fingerprint density at radius 3 is 2.27 bits per heavy atom. The molecule has 1 unspecified atom stereocenters. The summed E-state index contributed by atoms with van der Waals surface area (Å²) in [5.41, 5.74) is 0.405. The van der Waals surface area contributed by atoms with Crippen LogP contribution in [-0.4, -0.2) is 6.29 Å². The van der Waals surface area contributed by atoms with Crippen molar-refractivity contribution in [1.29, 1.82) is 0 Å². The zero-order valence-electron chi connectivity index (χ0n) is 8.18. The van der Waals surface area contributed by atoms with Gasteiger partial charge in [-0.3, -0.25) is 0 Å². The van der Waals surface area contributed by atoms with E-state index in [0.29, 0.717) is 11.3 Å². The molecule has 0 saturated heterocycles. The summed E-state index contributed by atoms with van der Waals surface area (Å²) in [5.74, 6) is 0.681. The van der Waals surface area contributed by atoms with Gasteiger partial charge in [0.25, 0.3) is 0 Å². The van der Waals surface area contributed by atoms with Gasteiger partial charge >= 0.3 is 0 Å². The van der Waals surface area contributed by atoms with Gasteiger partial charge in [-0.25, -0.2) is 0 Å². The Morgan fingerprint density at radius 2 is 1.91 bits per heavy atom. The van der Waals surface area contributed by atoms with Gasteiger partial charge < -0.3 is 4.79 Å². The molecule has 0 radical (unpaired) electrons. The van der Waals surface area contributed by atoms with E-state index in [2.05, 4.69) is 27.7 Å². The van der Waals surface area contributed by atoms with Crippen LogP contribution < -0.4 is 0 Å². The van der Waals surface area contributed by atoms with Gasteiger partial charge in [-0.2, -0.15) is 0 Å². The average Bonchev–Trinajstić information content (AvgIpc) is 1.79. The molecule has 0 amide bonds. The van der Waals surface area contributed by atoms with Crippen LogP contribution in [0.15, 0.2) is 0 Å². The van der Waals surface area contributed by atoms with Crippen LogP contribution in [-0.2, 0) is 4.79 Å². The Hall–Kier alpha value is -0.330. The minimum Gasteiger partial charge on any atom is -0.303 e. The maximum atomic E-state index is 10.1. The lowest BCUT2D eigenvalue weighted by Crippen LogP contribution is -2.10. The fraction of sp³-hybridized carbons (Fsp3) is 0.900. The van der Waals surface area contributed by atoms with E-state index in [1.807, 2.05) is 0 Å². The molecule has 66 valence electrons. The number of hydrogen-bond acceptors (Lipinski definition) is 1. The molecule has 0 aromatic carbocycles. The number of aldehydes is 1. The first-order valence-electron chi connectivity index (χ1n) is 4.39. The van der Waals surface area contributed by atoms with E-state index in [9.17, 15) is 4.79 Å². The Kier molecular flexibility index (Phi) is 4.39. The van der Waals surface area contributed by atoms with Crippen molar-refractivity contribution >= 4 is 6.29 Å². The van der Waals surface area contributed by atoms with Gasteiger partial charge in [0.1, 0.15) is 6.29 Å². The Morgan fingerprint density at radius 1 is 1.36 bits per heavy atom. The largest absolute Gasteiger partial charge is 0.303 e. The van der Waals surface area contributed by atoms with Crippen LogP contribution in [0, 0.1) is 11.3 Å². The van der Waals surface area contributed by atoms with Gasteiger partial charge in [0.05, 0.1) is 0 Å². The molecule has 11 heavy (non-hydrogen) atoms. The summed E-state index contributed by atoms with van der Waals surface area (Å²) in [4.78, 5) is 10.1. The summed E-state index contributed by atoms with van der Waals surface area (Å²) in [7, 11) is 0. The fourth-order valence-electron chi connectivity index (χ4n) is 1.50. The molecule has 0 aromatic heterocycles. The summed E-state index contributed by atoms with van der Waals surface area (Å²) in [5, 5.41) is 0. The normalized spacial score (nSPS) is 14.5. The van der Waals surface area contributed by atoms with E-state index in [-0.39, 0.29) is 0 Å². The van der Waals surface area contributed by atoms with Gasteiger partial charge in [0.15, 0.2) is 0 Å². The first-order valence-corrected chi connectivity index (χ1v) is 4.39. The Bertz CT molecular complexity index is 111. The van der Waals surface area contributed by atoms with Crippen molar-refractivity contribution in [1.82, 2.24) is 0 Å². The van der Waals surface area contributed by atoms with Crippen LogP contribution in [0.2, 0.25) is 0 Å². The highest BCUT2D eigenvalue weighted by atomic mass is 16.1. The molecular formula is C10H20O. The molecule has 1 nitrogen and oxygen atoms in total. The summed E-state index contributed by atoms with van der Waals surface area (Å²) >= 11 is 0. The van der Waals surface area contributed by atoms with E-state index < -0.39 is 0 Å². The second-order valence-electron chi connectivity index (χ2n) is 4.61. The lowest BCUT2D eigenvalue weighted by molar-refractivity contribution is -0.108. The van der Waals surface area contributed by atoms with Gasteiger partial charge in [-0.1, -0.05) is 27.7 Å². The monoisotopic (exact) mass is 156 g/mol. The number of rotatable bonds is 4. The van der Waals surface area contributed by atoms with E-state index in [0.717, 1.165) is 19.1 Å². The van der Waals surface area contributed by atoms with Crippen molar-refractivity contribution in [3.05, 3.63) is 0 Å². The molecule has 0 bridgehead atoms. The van der Waals surface area contributed by atoms with Gasteiger partial charge in [-0.15, -0.1) is 0 Å².